The summed E-state index contributed by atoms with van der Waals surface area (Å²) < 4.78 is 5.25. The van der Waals surface area contributed by atoms with Crippen molar-refractivity contribution in [3.63, 3.8) is 0 Å². The molecule has 1 aliphatic heterocycles. The van der Waals surface area contributed by atoms with Crippen LogP contribution in [0, 0.1) is 0 Å². The van der Waals surface area contributed by atoms with Gasteiger partial charge in [-0.3, -0.25) is 4.79 Å². The normalized spacial score (nSPS) is 17.6. The number of anilines is 1. The third-order valence-electron chi connectivity index (χ3n) is 3.37. The van der Waals surface area contributed by atoms with Crippen molar-refractivity contribution < 1.29 is 9.53 Å². The van der Waals surface area contributed by atoms with Crippen molar-refractivity contribution in [2.24, 2.45) is 0 Å². The number of carbonyl (C=O) groups is 1. The SMILES string of the molecule is CCCCN(C)c1cc2c(cc1Cl)C(C)C(=O)O2. The topological polar surface area (TPSA) is 29.5 Å². The fourth-order valence-corrected chi connectivity index (χ4v) is 2.43. The predicted molar refractivity (Wildman–Crippen MR) is 73.7 cm³/mol. The Morgan fingerprint density at radius 1 is 1.44 bits per heavy atom. The highest BCUT2D eigenvalue weighted by Gasteiger charge is 2.30. The number of halogens is 1. The lowest BCUT2D eigenvalue weighted by atomic mass is 10.0. The van der Waals surface area contributed by atoms with E-state index < -0.39 is 0 Å². The third-order valence-corrected chi connectivity index (χ3v) is 3.67. The van der Waals surface area contributed by atoms with E-state index in [1.165, 1.54) is 0 Å². The van der Waals surface area contributed by atoms with Crippen LogP contribution >= 0.6 is 11.6 Å². The highest BCUT2D eigenvalue weighted by molar-refractivity contribution is 6.33. The van der Waals surface area contributed by atoms with E-state index in [0.717, 1.165) is 30.6 Å². The number of ether oxygens (including phenoxy) is 1. The number of unbranched alkanes of at least 4 members (excludes halogenated alkanes) is 1. The van der Waals surface area contributed by atoms with Gasteiger partial charge in [0, 0.05) is 25.2 Å². The number of rotatable bonds is 4. The number of carbonyl (C=O) groups excluding carboxylic acids is 1. The molecule has 98 valence electrons. The van der Waals surface area contributed by atoms with Crippen LogP contribution in [0.4, 0.5) is 5.69 Å². The van der Waals surface area contributed by atoms with Crippen molar-refractivity contribution in [2.45, 2.75) is 32.6 Å². The van der Waals surface area contributed by atoms with Crippen molar-refractivity contribution >= 4 is 23.3 Å². The molecular weight excluding hydrogens is 250 g/mol. The fourth-order valence-electron chi connectivity index (χ4n) is 2.12. The first kappa shape index (κ1) is 13.2. The van der Waals surface area contributed by atoms with Crippen LogP contribution < -0.4 is 9.64 Å². The summed E-state index contributed by atoms with van der Waals surface area (Å²) in [7, 11) is 2.00. The summed E-state index contributed by atoms with van der Waals surface area (Å²) in [6, 6.07) is 3.72. The van der Waals surface area contributed by atoms with Crippen LogP contribution in [-0.2, 0) is 4.79 Å². The molecule has 1 atom stereocenters. The Morgan fingerprint density at radius 3 is 2.83 bits per heavy atom. The maximum atomic E-state index is 11.5. The van der Waals surface area contributed by atoms with E-state index in [1.807, 2.05) is 26.1 Å². The molecule has 0 amide bonds. The van der Waals surface area contributed by atoms with E-state index in [9.17, 15) is 4.79 Å². The predicted octanol–water partition coefficient (Wildman–Crippen LogP) is 3.60. The second-order valence-corrected chi connectivity index (χ2v) is 5.17. The fraction of sp³-hybridized carbons (Fsp3) is 0.500. The molecule has 0 bridgehead atoms. The van der Waals surface area contributed by atoms with Gasteiger partial charge in [0.15, 0.2) is 0 Å². The maximum absolute atomic E-state index is 11.5. The minimum atomic E-state index is -0.215. The van der Waals surface area contributed by atoms with Crippen LogP contribution in [0.15, 0.2) is 12.1 Å². The number of hydrogen-bond acceptors (Lipinski definition) is 3. The Morgan fingerprint density at radius 2 is 2.17 bits per heavy atom. The maximum Gasteiger partial charge on any atom is 0.318 e. The number of nitrogens with zero attached hydrogens (tertiary/aromatic N) is 1. The summed E-state index contributed by atoms with van der Waals surface area (Å²) in [4.78, 5) is 13.6. The van der Waals surface area contributed by atoms with Gasteiger partial charge < -0.3 is 9.64 Å². The van der Waals surface area contributed by atoms with Gasteiger partial charge in [-0.25, -0.2) is 0 Å². The van der Waals surface area contributed by atoms with Gasteiger partial charge in [-0.1, -0.05) is 24.9 Å². The van der Waals surface area contributed by atoms with Gasteiger partial charge >= 0.3 is 5.97 Å². The summed E-state index contributed by atoms with van der Waals surface area (Å²) in [6.45, 7) is 4.94. The van der Waals surface area contributed by atoms with Gasteiger partial charge in [0.1, 0.15) is 5.75 Å². The number of fused-ring (bicyclic) bond motifs is 1. The molecule has 4 heteroatoms. The second kappa shape index (κ2) is 5.19. The van der Waals surface area contributed by atoms with Crippen molar-refractivity contribution in [3.05, 3.63) is 22.7 Å². The zero-order chi connectivity index (χ0) is 13.3. The minimum Gasteiger partial charge on any atom is -0.426 e. The summed E-state index contributed by atoms with van der Waals surface area (Å²) in [5, 5.41) is 0.678. The molecule has 1 aliphatic rings. The van der Waals surface area contributed by atoms with Crippen molar-refractivity contribution in [3.8, 4) is 5.75 Å². The van der Waals surface area contributed by atoms with Gasteiger partial charge in [-0.15, -0.1) is 0 Å². The number of esters is 1. The molecular formula is C14H18ClNO2. The molecule has 1 heterocycles. The minimum absolute atomic E-state index is 0.200. The Kier molecular flexibility index (Phi) is 3.81. The van der Waals surface area contributed by atoms with Crippen LogP contribution in [0.5, 0.6) is 5.75 Å². The molecule has 0 aromatic heterocycles. The number of hydrogen-bond donors (Lipinski definition) is 0. The van der Waals surface area contributed by atoms with Gasteiger partial charge in [0.05, 0.1) is 16.6 Å². The lowest BCUT2D eigenvalue weighted by Gasteiger charge is -2.21. The molecule has 0 spiro atoms. The first-order chi connectivity index (χ1) is 8.54. The third kappa shape index (κ3) is 2.32. The molecule has 0 saturated heterocycles. The van der Waals surface area contributed by atoms with Crippen molar-refractivity contribution in [2.75, 3.05) is 18.5 Å². The van der Waals surface area contributed by atoms with Crippen LogP contribution in [0.1, 0.15) is 38.2 Å². The zero-order valence-electron chi connectivity index (χ0n) is 11.0. The van der Waals surface area contributed by atoms with E-state index in [1.54, 1.807) is 0 Å². The average molecular weight is 268 g/mol. The van der Waals surface area contributed by atoms with Crippen molar-refractivity contribution in [1.82, 2.24) is 0 Å². The summed E-state index contributed by atoms with van der Waals surface area (Å²) >= 11 is 6.29. The average Bonchev–Trinajstić information content (AvgIpc) is 2.62. The Bertz CT molecular complexity index is 473. The quantitative estimate of drug-likeness (QED) is 0.617. The first-order valence-electron chi connectivity index (χ1n) is 6.30. The van der Waals surface area contributed by atoms with Crippen LogP contribution in [-0.4, -0.2) is 19.6 Å². The summed E-state index contributed by atoms with van der Waals surface area (Å²) in [5.74, 6) is 0.233. The molecule has 2 rings (SSSR count). The van der Waals surface area contributed by atoms with E-state index in [4.69, 9.17) is 16.3 Å². The molecule has 0 fully saturated rings. The Labute approximate surface area is 113 Å². The van der Waals surface area contributed by atoms with Crippen molar-refractivity contribution in [1.29, 1.82) is 0 Å². The molecule has 18 heavy (non-hydrogen) atoms. The monoisotopic (exact) mass is 267 g/mol. The van der Waals surface area contributed by atoms with Gasteiger partial charge in [0.25, 0.3) is 0 Å². The molecule has 0 saturated carbocycles. The molecule has 0 radical (unpaired) electrons. The highest BCUT2D eigenvalue weighted by Crippen LogP contribution is 2.41. The van der Waals surface area contributed by atoms with Gasteiger partial charge in [-0.2, -0.15) is 0 Å². The van der Waals surface area contributed by atoms with Crippen LogP contribution in [0.3, 0.4) is 0 Å². The van der Waals surface area contributed by atoms with Gasteiger partial charge in [0.2, 0.25) is 0 Å². The van der Waals surface area contributed by atoms with Gasteiger partial charge in [-0.05, 0) is 19.4 Å². The van der Waals surface area contributed by atoms with E-state index in [-0.39, 0.29) is 11.9 Å². The van der Waals surface area contributed by atoms with E-state index in [2.05, 4.69) is 11.8 Å². The second-order valence-electron chi connectivity index (χ2n) is 4.76. The molecule has 3 nitrogen and oxygen atoms in total. The molecule has 0 aliphatic carbocycles. The lowest BCUT2D eigenvalue weighted by molar-refractivity contribution is -0.133. The summed E-state index contributed by atoms with van der Waals surface area (Å²) in [5.41, 5.74) is 1.81. The molecule has 0 N–H and O–H groups in total. The van der Waals surface area contributed by atoms with Crippen LogP contribution in [0.25, 0.3) is 0 Å². The summed E-state index contributed by atoms with van der Waals surface area (Å²) in [6.07, 6.45) is 2.25. The molecule has 1 unspecified atom stereocenters. The lowest BCUT2D eigenvalue weighted by Crippen LogP contribution is -2.18. The van der Waals surface area contributed by atoms with E-state index >= 15 is 0 Å². The molecule has 1 aromatic rings. The smallest absolute Gasteiger partial charge is 0.318 e. The Hall–Kier alpha value is -1.22. The Balaban J connectivity index is 2.29. The highest BCUT2D eigenvalue weighted by atomic mass is 35.5. The first-order valence-corrected chi connectivity index (χ1v) is 6.68. The van der Waals surface area contributed by atoms with E-state index in [0.29, 0.717) is 10.8 Å². The molecule has 1 aromatic carbocycles. The van der Waals surface area contributed by atoms with Crippen LogP contribution in [0.2, 0.25) is 5.02 Å². The largest absolute Gasteiger partial charge is 0.426 e. The zero-order valence-corrected chi connectivity index (χ0v) is 11.8. The standard InChI is InChI=1S/C14H18ClNO2/c1-4-5-6-16(3)12-8-13-10(7-11(12)15)9(2)14(17)18-13/h7-9H,4-6H2,1-3H3. The number of benzene rings is 1.